The van der Waals surface area contributed by atoms with Gasteiger partial charge in [-0.05, 0) is 36.2 Å². The van der Waals surface area contributed by atoms with Crippen molar-refractivity contribution in [2.45, 2.75) is 24.6 Å². The molecular weight excluding hydrogens is 390 g/mol. The lowest BCUT2D eigenvalue weighted by atomic mass is 10.1. The molecule has 1 heterocycles. The Hall–Kier alpha value is -2.89. The molecule has 0 aliphatic rings. The van der Waals surface area contributed by atoms with Gasteiger partial charge in [0.05, 0.1) is 18.2 Å². The summed E-state index contributed by atoms with van der Waals surface area (Å²) in [6, 6.07) is 28.6. The van der Waals surface area contributed by atoms with Crippen molar-refractivity contribution >= 4 is 34.2 Å². The number of thioether (sulfide) groups is 1. The first kappa shape index (κ1) is 20.4. The Kier molecular flexibility index (Phi) is 6.95. The topological polar surface area (TPSA) is 47.0 Å². The molecule has 30 heavy (non-hydrogen) atoms. The van der Waals surface area contributed by atoms with E-state index in [0.29, 0.717) is 6.61 Å². The van der Waals surface area contributed by atoms with Crippen LogP contribution in [0.15, 0.2) is 90.1 Å². The Morgan fingerprint density at radius 1 is 0.867 bits per heavy atom. The van der Waals surface area contributed by atoms with Crippen molar-refractivity contribution in [3.63, 3.8) is 0 Å². The molecule has 1 aromatic heterocycles. The molecule has 0 radical (unpaired) electrons. The second-order valence-electron chi connectivity index (χ2n) is 6.89. The summed E-state index contributed by atoms with van der Waals surface area (Å²) in [4.78, 5) is 9.51. The van der Waals surface area contributed by atoms with Crippen LogP contribution in [-0.2, 0) is 4.74 Å². The van der Waals surface area contributed by atoms with E-state index >= 15 is 0 Å². The first-order chi connectivity index (χ1) is 14.8. The number of hydrogen-bond donors (Lipinski definition) is 1. The van der Waals surface area contributed by atoms with E-state index in [1.807, 2.05) is 60.7 Å². The third-order valence-electron chi connectivity index (χ3n) is 4.79. The zero-order valence-electron chi connectivity index (χ0n) is 17.0. The van der Waals surface area contributed by atoms with E-state index in [0.717, 1.165) is 39.7 Å². The molecule has 1 atom stereocenters. The summed E-state index contributed by atoms with van der Waals surface area (Å²) < 4.78 is 6.12. The molecule has 0 aliphatic heterocycles. The quantitative estimate of drug-likeness (QED) is 0.189. The van der Waals surface area contributed by atoms with Crippen molar-refractivity contribution in [2.24, 2.45) is 0 Å². The smallest absolute Gasteiger partial charge is 0.190 e. The molecular formula is C25H25N3OS. The number of fused-ring (bicyclic) bond motifs is 1. The van der Waals surface area contributed by atoms with Gasteiger partial charge in [-0.15, -0.1) is 0 Å². The van der Waals surface area contributed by atoms with Gasteiger partial charge in [-0.25, -0.2) is 9.97 Å². The minimum Gasteiger partial charge on any atom is -0.373 e. The summed E-state index contributed by atoms with van der Waals surface area (Å²) in [5.41, 5.74) is 3.17. The summed E-state index contributed by atoms with van der Waals surface area (Å²) in [5, 5.41) is 5.20. The molecule has 4 nitrogen and oxygen atoms in total. The average molecular weight is 416 g/mol. The van der Waals surface area contributed by atoms with Gasteiger partial charge in [0, 0.05) is 16.8 Å². The number of aromatic nitrogens is 2. The van der Waals surface area contributed by atoms with Crippen molar-refractivity contribution in [1.29, 1.82) is 0 Å². The second-order valence-corrected chi connectivity index (χ2v) is 7.95. The zero-order valence-corrected chi connectivity index (χ0v) is 17.8. The number of ether oxygens (including phenoxy) is 1. The van der Waals surface area contributed by atoms with Crippen molar-refractivity contribution < 1.29 is 4.74 Å². The van der Waals surface area contributed by atoms with Gasteiger partial charge in [-0.3, -0.25) is 0 Å². The minimum atomic E-state index is 0.125. The fourth-order valence-electron chi connectivity index (χ4n) is 3.31. The largest absolute Gasteiger partial charge is 0.373 e. The van der Waals surface area contributed by atoms with Gasteiger partial charge in [0.1, 0.15) is 5.82 Å². The molecule has 5 heteroatoms. The lowest BCUT2D eigenvalue weighted by Gasteiger charge is -2.16. The van der Waals surface area contributed by atoms with E-state index in [4.69, 9.17) is 14.7 Å². The van der Waals surface area contributed by atoms with E-state index in [1.165, 1.54) is 5.56 Å². The van der Waals surface area contributed by atoms with E-state index in [1.54, 1.807) is 11.8 Å². The van der Waals surface area contributed by atoms with Gasteiger partial charge >= 0.3 is 0 Å². The Balaban J connectivity index is 1.44. The third kappa shape index (κ3) is 5.17. The third-order valence-corrected chi connectivity index (χ3v) is 5.61. The Morgan fingerprint density at radius 3 is 2.33 bits per heavy atom. The van der Waals surface area contributed by atoms with Gasteiger partial charge < -0.3 is 10.1 Å². The number of para-hydroxylation sites is 2. The summed E-state index contributed by atoms with van der Waals surface area (Å²) in [6.07, 6.45) is 1.08. The summed E-state index contributed by atoms with van der Waals surface area (Å²) in [7, 11) is 0. The SMILES string of the molecule is CCC(OCCSc1nc(Nc2ccccc2)c2ccccc2n1)c1ccccc1. The standard InChI is InChI=1S/C25H25N3OS/c1-2-23(19-11-5-3-6-12-19)29-17-18-30-25-27-22-16-10-9-15-21(22)24(28-25)26-20-13-7-4-8-14-20/h3-16,23H,2,17-18H2,1H3,(H,26,27,28). The number of anilines is 2. The van der Waals surface area contributed by atoms with Crippen LogP contribution in [0.2, 0.25) is 0 Å². The zero-order chi connectivity index (χ0) is 20.6. The van der Waals surface area contributed by atoms with Gasteiger partial charge in [-0.1, -0.05) is 79.3 Å². The predicted molar refractivity (Wildman–Crippen MR) is 125 cm³/mol. The summed E-state index contributed by atoms with van der Waals surface area (Å²) >= 11 is 1.62. The number of nitrogens with one attached hydrogen (secondary N) is 1. The monoisotopic (exact) mass is 415 g/mol. The molecule has 1 unspecified atom stereocenters. The maximum Gasteiger partial charge on any atom is 0.190 e. The van der Waals surface area contributed by atoms with Crippen molar-refractivity contribution in [1.82, 2.24) is 9.97 Å². The molecule has 0 amide bonds. The van der Waals surface area contributed by atoms with Gasteiger partial charge in [-0.2, -0.15) is 0 Å². The van der Waals surface area contributed by atoms with Crippen LogP contribution in [0.5, 0.6) is 0 Å². The maximum atomic E-state index is 6.12. The van der Waals surface area contributed by atoms with E-state index < -0.39 is 0 Å². The molecule has 4 aromatic rings. The molecule has 0 fully saturated rings. The highest BCUT2D eigenvalue weighted by molar-refractivity contribution is 7.99. The van der Waals surface area contributed by atoms with Crippen molar-refractivity contribution in [2.75, 3.05) is 17.7 Å². The van der Waals surface area contributed by atoms with Crippen LogP contribution in [0.4, 0.5) is 11.5 Å². The Labute approximate surface area is 181 Å². The van der Waals surface area contributed by atoms with Crippen LogP contribution >= 0.6 is 11.8 Å². The minimum absolute atomic E-state index is 0.125. The van der Waals surface area contributed by atoms with Gasteiger partial charge in [0.2, 0.25) is 0 Å². The number of hydrogen-bond acceptors (Lipinski definition) is 5. The van der Waals surface area contributed by atoms with Crippen LogP contribution in [0.25, 0.3) is 10.9 Å². The molecule has 4 rings (SSSR count). The molecule has 0 saturated heterocycles. The highest BCUT2D eigenvalue weighted by atomic mass is 32.2. The first-order valence-corrected chi connectivity index (χ1v) is 11.2. The van der Waals surface area contributed by atoms with Crippen LogP contribution in [0.3, 0.4) is 0 Å². The Bertz CT molecular complexity index is 1070. The van der Waals surface area contributed by atoms with E-state index in [9.17, 15) is 0 Å². The number of rotatable bonds is 9. The van der Waals surface area contributed by atoms with Gasteiger partial charge in [0.15, 0.2) is 5.16 Å². The van der Waals surface area contributed by atoms with Gasteiger partial charge in [0.25, 0.3) is 0 Å². The highest BCUT2D eigenvalue weighted by Crippen LogP contribution is 2.27. The molecule has 0 spiro atoms. The number of benzene rings is 3. The first-order valence-electron chi connectivity index (χ1n) is 10.2. The lowest BCUT2D eigenvalue weighted by Crippen LogP contribution is -2.06. The van der Waals surface area contributed by atoms with Crippen LogP contribution in [-0.4, -0.2) is 22.3 Å². The normalized spacial score (nSPS) is 12.0. The molecule has 0 bridgehead atoms. The second kappa shape index (κ2) is 10.2. The molecule has 3 aromatic carbocycles. The molecule has 152 valence electrons. The molecule has 0 saturated carbocycles. The van der Waals surface area contributed by atoms with Crippen LogP contribution < -0.4 is 5.32 Å². The predicted octanol–water partition coefficient (Wildman–Crippen LogP) is 6.63. The fourth-order valence-corrected chi connectivity index (χ4v) is 3.99. The summed E-state index contributed by atoms with van der Waals surface area (Å²) in [5.74, 6) is 1.62. The van der Waals surface area contributed by atoms with Crippen molar-refractivity contribution in [3.05, 3.63) is 90.5 Å². The average Bonchev–Trinajstić information content (AvgIpc) is 2.80. The highest BCUT2D eigenvalue weighted by Gasteiger charge is 2.11. The molecule has 0 aliphatic carbocycles. The maximum absolute atomic E-state index is 6.12. The Morgan fingerprint density at radius 2 is 1.57 bits per heavy atom. The van der Waals surface area contributed by atoms with Crippen LogP contribution in [0.1, 0.15) is 25.0 Å². The van der Waals surface area contributed by atoms with Crippen LogP contribution in [0, 0.1) is 0 Å². The summed E-state index contributed by atoms with van der Waals surface area (Å²) in [6.45, 7) is 2.80. The lowest BCUT2D eigenvalue weighted by molar-refractivity contribution is 0.0617. The van der Waals surface area contributed by atoms with E-state index in [2.05, 4.69) is 36.5 Å². The fraction of sp³-hybridized carbons (Fsp3) is 0.200. The number of nitrogens with zero attached hydrogens (tertiary/aromatic N) is 2. The molecule has 1 N–H and O–H groups in total. The van der Waals surface area contributed by atoms with E-state index in [-0.39, 0.29) is 6.10 Å². The van der Waals surface area contributed by atoms with Crippen molar-refractivity contribution in [3.8, 4) is 0 Å².